The van der Waals surface area contributed by atoms with Crippen molar-refractivity contribution in [1.29, 1.82) is 0 Å². The molecule has 2 aromatic heterocycles. The number of halogens is 1. The Kier molecular flexibility index (Phi) is 5.60. The van der Waals surface area contributed by atoms with Gasteiger partial charge in [0, 0.05) is 25.7 Å². The molecule has 160 valence electrons. The van der Waals surface area contributed by atoms with Crippen LogP contribution in [0.25, 0.3) is 11.2 Å². The van der Waals surface area contributed by atoms with E-state index in [2.05, 4.69) is 11.8 Å². The molecule has 1 saturated heterocycles. The zero-order valence-corrected chi connectivity index (χ0v) is 17.8. The molecular weight excluding hydrogens is 385 g/mol. The van der Waals surface area contributed by atoms with Gasteiger partial charge in [-0.25, -0.2) is 14.2 Å². The molecule has 1 atom stereocenters. The minimum absolute atomic E-state index is 0.191. The largest absolute Gasteiger partial charge is 0.332 e. The molecule has 0 radical (unpaired) electrons. The lowest BCUT2D eigenvalue weighted by Gasteiger charge is -2.34. The van der Waals surface area contributed by atoms with Crippen molar-refractivity contribution in [2.24, 2.45) is 14.1 Å². The van der Waals surface area contributed by atoms with Gasteiger partial charge in [-0.15, -0.1) is 0 Å². The van der Waals surface area contributed by atoms with E-state index in [0.29, 0.717) is 35.1 Å². The second-order valence-corrected chi connectivity index (χ2v) is 8.11. The maximum absolute atomic E-state index is 14.4. The summed E-state index contributed by atoms with van der Waals surface area (Å²) in [6.45, 7) is 3.92. The number of aryl methyl sites for hydroxylation is 1. The number of hydrogen-bond acceptors (Lipinski definition) is 4. The fourth-order valence-corrected chi connectivity index (χ4v) is 4.49. The van der Waals surface area contributed by atoms with E-state index >= 15 is 0 Å². The van der Waals surface area contributed by atoms with Crippen molar-refractivity contribution in [3.63, 3.8) is 0 Å². The minimum Gasteiger partial charge on any atom is -0.316 e. The van der Waals surface area contributed by atoms with Gasteiger partial charge in [0.05, 0.1) is 13.1 Å². The maximum Gasteiger partial charge on any atom is 0.332 e. The van der Waals surface area contributed by atoms with E-state index in [1.54, 1.807) is 29.8 Å². The Labute approximate surface area is 174 Å². The zero-order valence-electron chi connectivity index (χ0n) is 17.8. The number of piperidine rings is 1. The highest BCUT2D eigenvalue weighted by Crippen LogP contribution is 2.23. The Balaban J connectivity index is 1.89. The number of imidazole rings is 1. The average molecular weight is 413 g/mol. The predicted octanol–water partition coefficient (Wildman–Crippen LogP) is 2.39. The highest BCUT2D eigenvalue weighted by atomic mass is 19.1. The molecule has 1 aliphatic rings. The molecule has 1 aliphatic heterocycles. The fraction of sp³-hybridized carbons (Fsp3) is 0.500. The van der Waals surface area contributed by atoms with Crippen molar-refractivity contribution in [3.05, 3.63) is 62.3 Å². The van der Waals surface area contributed by atoms with Crippen LogP contribution >= 0.6 is 0 Å². The van der Waals surface area contributed by atoms with Crippen LogP contribution in [0.1, 0.15) is 44.0 Å². The highest BCUT2D eigenvalue weighted by molar-refractivity contribution is 5.71. The third kappa shape index (κ3) is 3.49. The third-order valence-corrected chi connectivity index (χ3v) is 6.28. The van der Waals surface area contributed by atoms with Crippen LogP contribution in [-0.4, -0.2) is 36.2 Å². The summed E-state index contributed by atoms with van der Waals surface area (Å²) in [5, 5.41) is 0. The van der Waals surface area contributed by atoms with Crippen LogP contribution in [0.15, 0.2) is 33.9 Å². The van der Waals surface area contributed by atoms with Crippen molar-refractivity contribution in [2.45, 2.75) is 51.7 Å². The summed E-state index contributed by atoms with van der Waals surface area (Å²) in [7, 11) is 3.08. The smallest absolute Gasteiger partial charge is 0.316 e. The lowest BCUT2D eigenvalue weighted by atomic mass is 10.00. The molecule has 8 heteroatoms. The molecule has 1 fully saturated rings. The Morgan fingerprint density at radius 3 is 2.60 bits per heavy atom. The Morgan fingerprint density at radius 1 is 1.10 bits per heavy atom. The van der Waals surface area contributed by atoms with Crippen molar-refractivity contribution in [3.8, 4) is 0 Å². The van der Waals surface area contributed by atoms with Crippen LogP contribution in [0.5, 0.6) is 0 Å². The second-order valence-electron chi connectivity index (χ2n) is 8.11. The molecule has 0 unspecified atom stereocenters. The summed E-state index contributed by atoms with van der Waals surface area (Å²) in [6.07, 6.45) is 4.54. The van der Waals surface area contributed by atoms with Crippen molar-refractivity contribution in [2.75, 3.05) is 6.54 Å². The molecular formula is C22H28FN5O2. The van der Waals surface area contributed by atoms with Crippen molar-refractivity contribution >= 4 is 11.2 Å². The summed E-state index contributed by atoms with van der Waals surface area (Å²) < 4.78 is 18.7. The minimum atomic E-state index is -0.418. The number of likely N-dealkylation sites (tertiary alicyclic amines) is 1. The number of aromatic nitrogens is 4. The van der Waals surface area contributed by atoms with E-state index < -0.39 is 11.2 Å². The SMILES string of the molecule is CC[C@H]1CCCCN1Cc1nc2c(c(=O)n(C)c(=O)n2C)n1Cc1ccccc1F. The summed E-state index contributed by atoms with van der Waals surface area (Å²) in [6, 6.07) is 7.02. The molecule has 3 aromatic rings. The van der Waals surface area contributed by atoms with Crippen molar-refractivity contribution in [1.82, 2.24) is 23.6 Å². The van der Waals surface area contributed by atoms with E-state index in [1.165, 1.54) is 24.1 Å². The topological polar surface area (TPSA) is 65.1 Å². The van der Waals surface area contributed by atoms with E-state index in [-0.39, 0.29) is 12.4 Å². The molecule has 0 saturated carbocycles. The number of rotatable bonds is 5. The van der Waals surface area contributed by atoms with Gasteiger partial charge in [0.15, 0.2) is 11.2 Å². The normalized spacial score (nSPS) is 17.7. The summed E-state index contributed by atoms with van der Waals surface area (Å²) in [5.41, 5.74) is 0.343. The molecule has 3 heterocycles. The van der Waals surface area contributed by atoms with Gasteiger partial charge in [0.2, 0.25) is 0 Å². The molecule has 0 amide bonds. The van der Waals surface area contributed by atoms with Gasteiger partial charge in [0.1, 0.15) is 11.6 Å². The van der Waals surface area contributed by atoms with E-state index in [0.717, 1.165) is 30.4 Å². The quantitative estimate of drug-likeness (QED) is 0.644. The Hall–Kier alpha value is -2.74. The molecule has 7 nitrogen and oxygen atoms in total. The molecule has 0 spiro atoms. The number of nitrogens with zero attached hydrogens (tertiary/aromatic N) is 5. The van der Waals surface area contributed by atoms with Gasteiger partial charge in [-0.2, -0.15) is 0 Å². The lowest BCUT2D eigenvalue weighted by molar-refractivity contribution is 0.131. The predicted molar refractivity (Wildman–Crippen MR) is 114 cm³/mol. The van der Waals surface area contributed by atoms with Gasteiger partial charge in [-0.05, 0) is 31.9 Å². The molecule has 1 aromatic carbocycles. The first kappa shape index (κ1) is 20.5. The molecule has 0 aliphatic carbocycles. The molecule has 0 bridgehead atoms. The maximum atomic E-state index is 14.4. The third-order valence-electron chi connectivity index (χ3n) is 6.28. The van der Waals surface area contributed by atoms with Crippen LogP contribution in [-0.2, 0) is 27.2 Å². The van der Waals surface area contributed by atoms with Crippen LogP contribution < -0.4 is 11.2 Å². The number of hydrogen-bond donors (Lipinski definition) is 0. The van der Waals surface area contributed by atoms with Gasteiger partial charge in [-0.1, -0.05) is 31.5 Å². The average Bonchev–Trinajstić information content (AvgIpc) is 3.10. The Bertz CT molecular complexity index is 1190. The highest BCUT2D eigenvalue weighted by Gasteiger charge is 2.25. The van der Waals surface area contributed by atoms with Crippen LogP contribution in [0.3, 0.4) is 0 Å². The van der Waals surface area contributed by atoms with Gasteiger partial charge in [-0.3, -0.25) is 18.8 Å². The van der Waals surface area contributed by atoms with Gasteiger partial charge < -0.3 is 4.57 Å². The van der Waals surface area contributed by atoms with Crippen LogP contribution in [0.2, 0.25) is 0 Å². The van der Waals surface area contributed by atoms with E-state index in [9.17, 15) is 14.0 Å². The first-order valence-electron chi connectivity index (χ1n) is 10.5. The molecule has 30 heavy (non-hydrogen) atoms. The van der Waals surface area contributed by atoms with Crippen molar-refractivity contribution < 1.29 is 4.39 Å². The second kappa shape index (κ2) is 8.18. The number of fused-ring (bicyclic) bond motifs is 1. The van der Waals surface area contributed by atoms with E-state index in [1.807, 2.05) is 0 Å². The summed E-state index contributed by atoms with van der Waals surface area (Å²) in [5.74, 6) is 0.364. The first-order chi connectivity index (χ1) is 14.4. The summed E-state index contributed by atoms with van der Waals surface area (Å²) >= 11 is 0. The van der Waals surface area contributed by atoms with Gasteiger partial charge >= 0.3 is 5.69 Å². The summed E-state index contributed by atoms with van der Waals surface area (Å²) in [4.78, 5) is 32.5. The monoisotopic (exact) mass is 413 g/mol. The first-order valence-corrected chi connectivity index (χ1v) is 10.5. The van der Waals surface area contributed by atoms with E-state index in [4.69, 9.17) is 4.98 Å². The lowest BCUT2D eigenvalue weighted by Crippen LogP contribution is -2.39. The van der Waals surface area contributed by atoms with Crippen LogP contribution in [0, 0.1) is 5.82 Å². The fourth-order valence-electron chi connectivity index (χ4n) is 4.49. The molecule has 0 N–H and O–H groups in total. The zero-order chi connectivity index (χ0) is 21.4. The standard InChI is InChI=1S/C22H28FN5O2/c1-4-16-10-7-8-12-27(16)14-18-24-20-19(21(29)26(3)22(30)25(20)2)28(18)13-15-9-5-6-11-17(15)23/h5-6,9,11,16H,4,7-8,10,12-14H2,1-3H3/t16-/m0/s1. The van der Waals surface area contributed by atoms with Crippen LogP contribution in [0.4, 0.5) is 4.39 Å². The Morgan fingerprint density at radius 2 is 1.87 bits per heavy atom. The van der Waals surface area contributed by atoms with Gasteiger partial charge in [0.25, 0.3) is 5.56 Å². The number of benzene rings is 1. The molecule has 4 rings (SSSR count).